The lowest BCUT2D eigenvalue weighted by Crippen LogP contribution is -2.20. The first kappa shape index (κ1) is 21.0. The van der Waals surface area contributed by atoms with Gasteiger partial charge in [0, 0.05) is 41.3 Å². The van der Waals surface area contributed by atoms with Gasteiger partial charge in [0.05, 0.1) is 5.69 Å². The number of ether oxygens (including phenoxy) is 1. The molecule has 164 valence electrons. The van der Waals surface area contributed by atoms with Crippen LogP contribution in [0, 0.1) is 5.92 Å². The lowest BCUT2D eigenvalue weighted by atomic mass is 9.99. The number of aryl methyl sites for hydroxylation is 2. The first-order valence-corrected chi connectivity index (χ1v) is 10.5. The molecule has 0 saturated carbocycles. The molecule has 2 heterocycles. The number of hydrogen-bond acceptors (Lipinski definition) is 5. The zero-order valence-electron chi connectivity index (χ0n) is 17.9. The van der Waals surface area contributed by atoms with E-state index < -0.39 is 23.2 Å². The molecule has 2 aromatic heterocycles. The fourth-order valence-electron chi connectivity index (χ4n) is 4.30. The normalized spacial score (nSPS) is 13.2. The lowest BCUT2D eigenvalue weighted by molar-refractivity contribution is 0.142. The molecule has 3 aromatic rings. The molecule has 4 rings (SSSR count). The number of benzene rings is 1. The maximum atomic E-state index is 12.4. The summed E-state index contributed by atoms with van der Waals surface area (Å²) in [6.45, 7) is 6.04. The summed E-state index contributed by atoms with van der Waals surface area (Å²) < 4.78 is 6.71. The number of nitrogens with zero attached hydrogens (tertiary/aromatic N) is 1. The minimum atomic E-state index is -1.64. The third-order valence-electron chi connectivity index (χ3n) is 5.80. The van der Waals surface area contributed by atoms with Crippen molar-refractivity contribution in [3.8, 4) is 22.8 Å². The third-order valence-corrected chi connectivity index (χ3v) is 5.80. The van der Waals surface area contributed by atoms with Crippen LogP contribution in [0.5, 0.6) is 11.5 Å². The Morgan fingerprint density at radius 2 is 2.06 bits per heavy atom. The van der Waals surface area contributed by atoms with Gasteiger partial charge in [0.25, 0.3) is 5.56 Å². The van der Waals surface area contributed by atoms with Crippen molar-refractivity contribution in [2.45, 2.75) is 39.7 Å². The van der Waals surface area contributed by atoms with Crippen molar-refractivity contribution in [2.24, 2.45) is 13.0 Å². The minimum absolute atomic E-state index is 0.402. The number of carboxylic acid groups (broad SMARTS) is 1. The van der Waals surface area contributed by atoms with Gasteiger partial charge in [-0.05, 0) is 55.5 Å². The van der Waals surface area contributed by atoms with Crippen LogP contribution in [0.25, 0.3) is 22.2 Å². The number of pyridine rings is 1. The Labute approximate surface area is 179 Å². The number of nitrogens with one attached hydrogen (secondary N) is 2. The van der Waals surface area contributed by atoms with Gasteiger partial charge in [-0.25, -0.2) is 4.79 Å². The second-order valence-electron chi connectivity index (χ2n) is 8.49. The molecule has 1 aliphatic carbocycles. The molecule has 31 heavy (non-hydrogen) atoms. The van der Waals surface area contributed by atoms with Crippen molar-refractivity contribution in [3.05, 3.63) is 45.4 Å². The number of hydrogen-bond donors (Lipinski definition) is 4. The van der Waals surface area contributed by atoms with Gasteiger partial charge >= 0.3 is 6.16 Å². The second kappa shape index (κ2) is 8.11. The quantitative estimate of drug-likeness (QED) is 0.465. The molecule has 1 aromatic carbocycles. The van der Waals surface area contributed by atoms with E-state index in [4.69, 9.17) is 5.11 Å². The van der Waals surface area contributed by atoms with E-state index in [-0.39, 0.29) is 0 Å². The summed E-state index contributed by atoms with van der Waals surface area (Å²) >= 11 is 0. The van der Waals surface area contributed by atoms with Gasteiger partial charge in [-0.1, -0.05) is 13.8 Å². The highest BCUT2D eigenvalue weighted by atomic mass is 16.7. The van der Waals surface area contributed by atoms with E-state index in [0.717, 1.165) is 53.7 Å². The molecular formula is C23H27N3O5. The number of fused-ring (bicyclic) bond motifs is 4. The van der Waals surface area contributed by atoms with Crippen LogP contribution in [-0.4, -0.2) is 32.5 Å². The summed E-state index contributed by atoms with van der Waals surface area (Å²) in [5.41, 5.74) is 4.47. The Kier molecular flexibility index (Phi) is 5.49. The van der Waals surface area contributed by atoms with Crippen LogP contribution in [0.4, 0.5) is 4.79 Å². The van der Waals surface area contributed by atoms with Gasteiger partial charge < -0.3 is 29.8 Å². The standard InChI is InChI=1S/C23H27N3O5/c1-12(2)10-24-11-15-7-14-8-17-13(9-18(14)26(15)3)5-4-6-16-19(17)25-22(28)21(20(16)27)31-23(29)30/h7-9,12,24H,4-6,10-11H2,1-3H3,(H,29,30)(H2,25,27,28). The van der Waals surface area contributed by atoms with E-state index in [2.05, 4.69) is 52.6 Å². The van der Waals surface area contributed by atoms with Crippen molar-refractivity contribution >= 4 is 17.1 Å². The van der Waals surface area contributed by atoms with Gasteiger partial charge in [0.2, 0.25) is 5.75 Å². The molecule has 0 aliphatic heterocycles. The molecule has 0 fully saturated rings. The molecule has 8 nitrogen and oxygen atoms in total. The maximum Gasteiger partial charge on any atom is 0.511 e. The molecule has 8 heteroatoms. The zero-order chi connectivity index (χ0) is 22.3. The molecule has 0 amide bonds. The molecule has 0 atom stereocenters. The Hall–Kier alpha value is -3.26. The van der Waals surface area contributed by atoms with Crippen LogP contribution in [0.3, 0.4) is 0 Å². The maximum absolute atomic E-state index is 12.4. The van der Waals surface area contributed by atoms with E-state index >= 15 is 0 Å². The Morgan fingerprint density at radius 3 is 2.77 bits per heavy atom. The van der Waals surface area contributed by atoms with E-state index in [1.807, 2.05) is 6.07 Å². The van der Waals surface area contributed by atoms with Crippen molar-refractivity contribution in [3.63, 3.8) is 0 Å². The molecule has 0 bridgehead atoms. The topological polar surface area (TPSA) is 117 Å². The highest BCUT2D eigenvalue weighted by Crippen LogP contribution is 2.40. The fourth-order valence-corrected chi connectivity index (χ4v) is 4.30. The molecule has 0 radical (unpaired) electrons. The number of aromatic hydroxyl groups is 1. The number of aromatic amines is 1. The van der Waals surface area contributed by atoms with E-state index in [1.165, 1.54) is 0 Å². The van der Waals surface area contributed by atoms with Crippen LogP contribution in [-0.2, 0) is 26.4 Å². The van der Waals surface area contributed by atoms with Gasteiger partial charge in [-0.15, -0.1) is 0 Å². The average molecular weight is 425 g/mol. The van der Waals surface area contributed by atoms with Crippen LogP contribution < -0.4 is 15.6 Å². The second-order valence-corrected chi connectivity index (χ2v) is 8.49. The molecule has 0 spiro atoms. The predicted octanol–water partition coefficient (Wildman–Crippen LogP) is 3.53. The number of carbonyl (C=O) groups is 1. The highest BCUT2D eigenvalue weighted by molar-refractivity contribution is 5.89. The molecule has 4 N–H and O–H groups in total. The third kappa shape index (κ3) is 3.90. The lowest BCUT2D eigenvalue weighted by Gasteiger charge is -2.13. The largest absolute Gasteiger partial charge is 0.511 e. The summed E-state index contributed by atoms with van der Waals surface area (Å²) in [4.78, 5) is 26.1. The summed E-state index contributed by atoms with van der Waals surface area (Å²) in [5, 5.41) is 24.0. The Balaban J connectivity index is 1.82. The van der Waals surface area contributed by atoms with Crippen LogP contribution in [0.2, 0.25) is 0 Å². The van der Waals surface area contributed by atoms with Crippen LogP contribution in [0.1, 0.15) is 37.1 Å². The molecule has 0 saturated heterocycles. The van der Waals surface area contributed by atoms with Crippen molar-refractivity contribution in [1.29, 1.82) is 0 Å². The van der Waals surface area contributed by atoms with Gasteiger partial charge in [0.15, 0.2) is 5.75 Å². The fraction of sp³-hybridized carbons (Fsp3) is 0.391. The summed E-state index contributed by atoms with van der Waals surface area (Å²) in [6.07, 6.45) is 0.399. The highest BCUT2D eigenvalue weighted by Gasteiger charge is 2.25. The number of rotatable bonds is 5. The molecule has 0 unspecified atom stereocenters. The summed E-state index contributed by atoms with van der Waals surface area (Å²) in [7, 11) is 2.05. The number of aromatic nitrogens is 2. The summed E-state index contributed by atoms with van der Waals surface area (Å²) in [5.74, 6) is -0.406. The summed E-state index contributed by atoms with van der Waals surface area (Å²) in [6, 6.07) is 6.31. The monoisotopic (exact) mass is 425 g/mol. The van der Waals surface area contributed by atoms with Gasteiger partial charge in [0.1, 0.15) is 0 Å². The van der Waals surface area contributed by atoms with Crippen molar-refractivity contribution < 1.29 is 19.7 Å². The van der Waals surface area contributed by atoms with Crippen LogP contribution >= 0.6 is 0 Å². The first-order valence-electron chi connectivity index (χ1n) is 10.5. The predicted molar refractivity (Wildman–Crippen MR) is 118 cm³/mol. The number of H-pyrrole nitrogens is 1. The van der Waals surface area contributed by atoms with Crippen LogP contribution in [0.15, 0.2) is 23.0 Å². The van der Waals surface area contributed by atoms with E-state index in [1.54, 1.807) is 0 Å². The zero-order valence-corrected chi connectivity index (χ0v) is 17.9. The minimum Gasteiger partial charge on any atom is -0.504 e. The van der Waals surface area contributed by atoms with Gasteiger partial charge in [-0.3, -0.25) is 4.79 Å². The Bertz CT molecular complexity index is 1220. The average Bonchev–Trinajstić information content (AvgIpc) is 2.89. The van der Waals surface area contributed by atoms with E-state index in [9.17, 15) is 14.7 Å². The smallest absolute Gasteiger partial charge is 0.504 e. The SMILES string of the molecule is CC(C)CNCc1cc2cc3c(cc2n1C)CCCc1c-3[nH]c(=O)c(OC(=O)O)c1O. The Morgan fingerprint density at radius 1 is 1.29 bits per heavy atom. The van der Waals surface area contributed by atoms with Crippen molar-refractivity contribution in [2.75, 3.05) is 6.54 Å². The molecular weight excluding hydrogens is 398 g/mol. The van der Waals surface area contributed by atoms with Gasteiger partial charge in [-0.2, -0.15) is 0 Å². The van der Waals surface area contributed by atoms with E-state index in [0.29, 0.717) is 23.6 Å². The first-order chi connectivity index (χ1) is 14.8. The molecule has 1 aliphatic rings. The van der Waals surface area contributed by atoms with Crippen molar-refractivity contribution in [1.82, 2.24) is 14.9 Å².